The molecule has 0 amide bonds. The summed E-state index contributed by atoms with van der Waals surface area (Å²) in [4.78, 5) is 13.6. The lowest BCUT2D eigenvalue weighted by atomic mass is 9.78. The summed E-state index contributed by atoms with van der Waals surface area (Å²) in [6.07, 6.45) is 1.39. The number of ether oxygens (including phenoxy) is 2. The highest BCUT2D eigenvalue weighted by Crippen LogP contribution is 2.36. The summed E-state index contributed by atoms with van der Waals surface area (Å²) in [5.41, 5.74) is 1.98. The fourth-order valence-electron chi connectivity index (χ4n) is 3.91. The molecule has 0 aliphatic heterocycles. The molecule has 2 atom stereocenters. The van der Waals surface area contributed by atoms with Crippen molar-refractivity contribution in [3.8, 4) is 11.5 Å². The molecule has 35 heavy (non-hydrogen) atoms. The number of halogens is 2. The summed E-state index contributed by atoms with van der Waals surface area (Å²) in [5, 5.41) is 12.9. The Hall–Kier alpha value is -1.67. The van der Waals surface area contributed by atoms with Crippen LogP contribution in [-0.2, 0) is 5.41 Å². The van der Waals surface area contributed by atoms with E-state index in [-0.39, 0.29) is 24.5 Å². The van der Waals surface area contributed by atoms with Crippen LogP contribution >= 0.6 is 27.5 Å². The third-order valence-corrected chi connectivity index (χ3v) is 6.95. The summed E-state index contributed by atoms with van der Waals surface area (Å²) in [6.45, 7) is 11.5. The molecule has 2 unspecified atom stereocenters. The molecule has 2 aromatic carbocycles. The van der Waals surface area contributed by atoms with Crippen molar-refractivity contribution < 1.29 is 14.6 Å². The number of nitrogens with zero attached hydrogens (tertiary/aromatic N) is 2. The zero-order valence-corrected chi connectivity index (χ0v) is 23.5. The minimum Gasteiger partial charge on any atom is -0.491 e. The number of aliphatic hydroxyl groups excluding tert-OH is 1. The van der Waals surface area contributed by atoms with Crippen LogP contribution < -0.4 is 9.47 Å². The topological polar surface area (TPSA) is 71.4 Å². The van der Waals surface area contributed by atoms with Crippen LogP contribution in [0.15, 0.2) is 52.1 Å². The Bertz CT molecular complexity index is 905. The molecule has 1 N–H and O–H groups in total. The lowest BCUT2D eigenvalue weighted by Crippen LogP contribution is -2.35. The first-order chi connectivity index (χ1) is 16.7. The van der Waals surface area contributed by atoms with E-state index in [1.807, 2.05) is 42.5 Å². The molecule has 0 bridgehead atoms. The minimum absolute atomic E-state index is 0.130. The van der Waals surface area contributed by atoms with Crippen LogP contribution in [0.25, 0.3) is 0 Å². The van der Waals surface area contributed by atoms with E-state index in [1.54, 1.807) is 0 Å². The Kier molecular flexibility index (Phi) is 12.5. The standard InChI is InChI=1S/C27H38BrClN2O4/c1-5-13-31(14-6-2)17-22(30-33)18-34-24-10-7-20(8-11-24)27(3,4)21-9-12-26(25(28)15-21)35-19-23(32)16-29/h7-12,15,22-23,32H,5-6,13-14,16-19H2,1-4H3. The van der Waals surface area contributed by atoms with Gasteiger partial charge in [0.15, 0.2) is 0 Å². The molecule has 2 aromatic rings. The molecule has 0 aliphatic carbocycles. The summed E-state index contributed by atoms with van der Waals surface area (Å²) < 4.78 is 12.4. The number of aliphatic hydroxyl groups is 1. The summed E-state index contributed by atoms with van der Waals surface area (Å²) >= 11 is 9.21. The second kappa shape index (κ2) is 14.8. The van der Waals surface area contributed by atoms with Crippen LogP contribution in [0.1, 0.15) is 51.7 Å². The summed E-state index contributed by atoms with van der Waals surface area (Å²) in [5.74, 6) is 1.51. The largest absolute Gasteiger partial charge is 0.491 e. The fourth-order valence-corrected chi connectivity index (χ4v) is 4.49. The molecule has 0 saturated heterocycles. The Labute approximate surface area is 223 Å². The third kappa shape index (κ3) is 9.05. The van der Waals surface area contributed by atoms with Crippen molar-refractivity contribution in [2.75, 3.05) is 38.7 Å². The maximum Gasteiger partial charge on any atom is 0.138 e. The van der Waals surface area contributed by atoms with E-state index in [0.29, 0.717) is 12.3 Å². The van der Waals surface area contributed by atoms with Crippen LogP contribution in [0, 0.1) is 4.91 Å². The van der Waals surface area contributed by atoms with Gasteiger partial charge >= 0.3 is 0 Å². The van der Waals surface area contributed by atoms with E-state index in [2.05, 4.69) is 53.7 Å². The van der Waals surface area contributed by atoms with Crippen LogP contribution in [-0.4, -0.2) is 60.9 Å². The number of hydrogen-bond acceptors (Lipinski definition) is 6. The van der Waals surface area contributed by atoms with Gasteiger partial charge in [-0.1, -0.05) is 51.1 Å². The van der Waals surface area contributed by atoms with Crippen molar-refractivity contribution in [3.05, 3.63) is 63.0 Å². The Balaban J connectivity index is 2.03. The molecule has 194 valence electrons. The maximum absolute atomic E-state index is 11.4. The van der Waals surface area contributed by atoms with Crippen molar-refractivity contribution >= 4 is 27.5 Å². The van der Waals surface area contributed by atoms with Gasteiger partial charge in [-0.3, -0.25) is 0 Å². The first kappa shape index (κ1) is 29.6. The summed E-state index contributed by atoms with van der Waals surface area (Å²) in [6, 6.07) is 13.5. The Morgan fingerprint density at radius 3 is 2.20 bits per heavy atom. The monoisotopic (exact) mass is 568 g/mol. The first-order valence-corrected chi connectivity index (χ1v) is 13.5. The molecular weight excluding hydrogens is 532 g/mol. The predicted molar refractivity (Wildman–Crippen MR) is 147 cm³/mol. The lowest BCUT2D eigenvalue weighted by Gasteiger charge is -2.27. The van der Waals surface area contributed by atoms with Gasteiger partial charge in [-0.15, -0.1) is 11.6 Å². The van der Waals surface area contributed by atoms with Crippen LogP contribution in [0.4, 0.5) is 0 Å². The highest BCUT2D eigenvalue weighted by molar-refractivity contribution is 9.10. The molecule has 0 spiro atoms. The molecule has 0 fully saturated rings. The summed E-state index contributed by atoms with van der Waals surface area (Å²) in [7, 11) is 0. The number of benzene rings is 2. The molecule has 0 radical (unpaired) electrons. The third-order valence-electron chi connectivity index (χ3n) is 5.98. The lowest BCUT2D eigenvalue weighted by molar-refractivity contribution is 0.125. The number of nitroso groups, excluding NO2 is 1. The maximum atomic E-state index is 11.4. The van der Waals surface area contributed by atoms with Gasteiger partial charge in [0.05, 0.1) is 10.4 Å². The van der Waals surface area contributed by atoms with Crippen molar-refractivity contribution in [1.29, 1.82) is 0 Å². The molecule has 0 aliphatic rings. The van der Waals surface area contributed by atoms with E-state index < -0.39 is 12.1 Å². The van der Waals surface area contributed by atoms with E-state index in [4.69, 9.17) is 21.1 Å². The molecule has 6 nitrogen and oxygen atoms in total. The van der Waals surface area contributed by atoms with E-state index in [1.165, 1.54) is 0 Å². The second-order valence-electron chi connectivity index (χ2n) is 9.28. The highest BCUT2D eigenvalue weighted by Gasteiger charge is 2.24. The zero-order valence-electron chi connectivity index (χ0n) is 21.2. The number of rotatable bonds is 16. The van der Waals surface area contributed by atoms with Crippen molar-refractivity contribution in [1.82, 2.24) is 4.90 Å². The van der Waals surface area contributed by atoms with Gasteiger partial charge in [0, 0.05) is 12.0 Å². The van der Waals surface area contributed by atoms with Gasteiger partial charge < -0.3 is 19.5 Å². The van der Waals surface area contributed by atoms with E-state index in [0.717, 1.165) is 47.3 Å². The molecule has 0 saturated carbocycles. The van der Waals surface area contributed by atoms with Gasteiger partial charge in [-0.2, -0.15) is 4.91 Å². The Morgan fingerprint density at radius 2 is 1.66 bits per heavy atom. The highest BCUT2D eigenvalue weighted by atomic mass is 79.9. The molecule has 8 heteroatoms. The fraction of sp³-hybridized carbons (Fsp3) is 0.556. The number of alkyl halides is 1. The smallest absolute Gasteiger partial charge is 0.138 e. The number of hydrogen-bond donors (Lipinski definition) is 1. The molecular formula is C27H38BrClN2O4. The zero-order chi connectivity index (χ0) is 25.8. The normalized spacial score (nSPS) is 13.5. The predicted octanol–water partition coefficient (Wildman–Crippen LogP) is 6.39. The van der Waals surface area contributed by atoms with Gasteiger partial charge in [-0.25, -0.2) is 0 Å². The van der Waals surface area contributed by atoms with Crippen LogP contribution in [0.2, 0.25) is 0 Å². The van der Waals surface area contributed by atoms with Crippen LogP contribution in [0.3, 0.4) is 0 Å². The van der Waals surface area contributed by atoms with E-state index in [9.17, 15) is 10.0 Å². The van der Waals surface area contributed by atoms with Gasteiger partial charge in [-0.05, 0) is 77.3 Å². The average molecular weight is 570 g/mol. The van der Waals surface area contributed by atoms with Gasteiger partial charge in [0.25, 0.3) is 0 Å². The van der Waals surface area contributed by atoms with Gasteiger partial charge in [0.2, 0.25) is 0 Å². The van der Waals surface area contributed by atoms with Gasteiger partial charge in [0.1, 0.15) is 36.9 Å². The van der Waals surface area contributed by atoms with E-state index >= 15 is 0 Å². The Morgan fingerprint density at radius 1 is 1.03 bits per heavy atom. The molecule has 0 heterocycles. The first-order valence-electron chi connectivity index (χ1n) is 12.2. The average Bonchev–Trinajstić information content (AvgIpc) is 2.85. The minimum atomic E-state index is -0.704. The van der Waals surface area contributed by atoms with Crippen molar-refractivity contribution in [2.24, 2.45) is 5.18 Å². The second-order valence-corrected chi connectivity index (χ2v) is 10.4. The quantitative estimate of drug-likeness (QED) is 0.187. The molecule has 2 rings (SSSR count). The molecule has 0 aromatic heterocycles. The van der Waals surface area contributed by atoms with Crippen molar-refractivity contribution in [3.63, 3.8) is 0 Å². The van der Waals surface area contributed by atoms with Crippen molar-refractivity contribution in [2.45, 2.75) is 58.1 Å². The van der Waals surface area contributed by atoms with Crippen LogP contribution in [0.5, 0.6) is 11.5 Å². The SMILES string of the molecule is CCCN(CCC)CC(COc1ccc(C(C)(C)c2ccc(OCC(O)CCl)c(Br)c2)cc1)N=O.